The van der Waals surface area contributed by atoms with Gasteiger partial charge in [0.1, 0.15) is 23.5 Å². The van der Waals surface area contributed by atoms with Crippen LogP contribution in [0.1, 0.15) is 144 Å². The van der Waals surface area contributed by atoms with Crippen molar-refractivity contribution >= 4 is 44.6 Å². The first-order valence-corrected chi connectivity index (χ1v) is 23.3. The molecule has 14 nitrogen and oxygen atoms in total. The molecule has 0 radical (unpaired) electrons. The van der Waals surface area contributed by atoms with Crippen molar-refractivity contribution in [2.75, 3.05) is 19.7 Å². The molecule has 2 aromatic rings. The van der Waals surface area contributed by atoms with E-state index in [9.17, 15) is 27.6 Å². The van der Waals surface area contributed by atoms with Crippen molar-refractivity contribution in [2.45, 2.75) is 163 Å². The molecule has 1 aromatic heterocycles. The summed E-state index contributed by atoms with van der Waals surface area (Å²) in [5.74, 6) is 1.72. The molecule has 15 heteroatoms. The summed E-state index contributed by atoms with van der Waals surface area (Å²) in [5, 5.41) is 4.91. The Labute approximate surface area is 363 Å². The molecule has 1 aliphatic carbocycles. The number of ether oxygens (including phenoxy) is 3. The number of hydrogen-bond donors (Lipinski definition) is 3. The molecular formula is C45H79N5O9S. The van der Waals surface area contributed by atoms with E-state index in [-0.39, 0.29) is 22.2 Å². The SMILES string of the molecule is CC.CC.CC(=O)NS(=O)(=O)C1(C)CC1.CC(C)(C)OC(N)=O.CC[C@H]1CC(=O)N2C[C@H](Oc3nc4c(c5ccccc35)OCCC4)C[C@H]2C(=O)NC/C=C\CC[C@@H](C)C1.[HH].[HH].[HH]. The van der Waals surface area contributed by atoms with E-state index in [1.165, 1.54) is 6.92 Å². The standard InChI is InChI=1S/C30H39N3O4.C6H11NO3S.C5H11NO2.2C2H6.3H2/c1-3-21-16-20(2)10-5-4-8-14-31-29(35)26-18-22(19-33(26)27(34)17-21)37-30-24-12-7-6-11-23(24)28-25(32-30)13-9-15-36-28;1-5(8)7-11(9,10)6(2)3-4-6;1-5(2,3)8-4(6)7;2*1-2;;;/h4,6-8,11-12,20-22,26H,3,5,9-10,13-19H2,1-2H3,(H,31,35);3-4H2,1-2H3,(H,7,8);1-3H3,(H2,6,7);2*1-2H3;3*1H/b8-4-;;;;;;;/t20-,21-,22-,26+;;;;;;;/m1......./s1. The number of nitrogens with zero attached hydrogens (tertiary/aromatic N) is 2. The summed E-state index contributed by atoms with van der Waals surface area (Å²) in [6.07, 6.45) is 11.3. The van der Waals surface area contributed by atoms with Crippen molar-refractivity contribution in [3.63, 3.8) is 0 Å². The zero-order valence-electron chi connectivity index (χ0n) is 38.0. The number of hydrogen-bond acceptors (Lipinski definition) is 10. The largest absolute Gasteiger partial charge is 0.491 e. The quantitative estimate of drug-likeness (QED) is 0.245. The number of primary amides is 1. The van der Waals surface area contributed by atoms with E-state index in [1.54, 1.807) is 32.6 Å². The number of aromatic nitrogens is 1. The number of allylic oxidation sites excluding steroid dienone is 1. The molecule has 0 bridgehead atoms. The van der Waals surface area contributed by atoms with Crippen LogP contribution >= 0.6 is 0 Å². The number of benzene rings is 1. The Hall–Kier alpha value is -4.40. The normalized spacial score (nSPS) is 22.8. The highest BCUT2D eigenvalue weighted by molar-refractivity contribution is 7.91. The van der Waals surface area contributed by atoms with Crippen LogP contribution < -0.4 is 25.2 Å². The molecule has 4 atom stereocenters. The van der Waals surface area contributed by atoms with Crippen molar-refractivity contribution in [2.24, 2.45) is 17.6 Å². The second kappa shape index (κ2) is 24.1. The van der Waals surface area contributed by atoms with Gasteiger partial charge >= 0.3 is 6.09 Å². The van der Waals surface area contributed by atoms with Gasteiger partial charge in [-0.25, -0.2) is 18.2 Å². The van der Waals surface area contributed by atoms with E-state index in [2.05, 4.69) is 30.0 Å². The summed E-state index contributed by atoms with van der Waals surface area (Å²) in [4.78, 5) is 53.8. The minimum absolute atomic E-state index is 0. The van der Waals surface area contributed by atoms with Gasteiger partial charge in [-0.1, -0.05) is 78.3 Å². The van der Waals surface area contributed by atoms with E-state index in [0.717, 1.165) is 60.7 Å². The molecule has 2 fully saturated rings. The fraction of sp³-hybridized carbons (Fsp3) is 0.667. The number of nitrogens with one attached hydrogen (secondary N) is 2. The fourth-order valence-electron chi connectivity index (χ4n) is 7.02. The predicted octanol–water partition coefficient (Wildman–Crippen LogP) is 8.49. The summed E-state index contributed by atoms with van der Waals surface area (Å²) in [5.41, 5.74) is 5.18. The van der Waals surface area contributed by atoms with Gasteiger partial charge in [0, 0.05) is 41.4 Å². The van der Waals surface area contributed by atoms with Gasteiger partial charge in [0.05, 0.1) is 23.6 Å². The molecule has 4 aliphatic rings. The Morgan fingerprint density at radius 1 is 1.08 bits per heavy atom. The average molecular weight is 866 g/mol. The molecule has 4 N–H and O–H groups in total. The van der Waals surface area contributed by atoms with Crippen LogP contribution in [0.25, 0.3) is 10.8 Å². The van der Waals surface area contributed by atoms with Crippen molar-refractivity contribution in [3.8, 4) is 11.6 Å². The maximum atomic E-state index is 13.5. The number of pyridine rings is 1. The second-order valence-corrected chi connectivity index (χ2v) is 18.7. The van der Waals surface area contributed by atoms with Crippen LogP contribution in [0.3, 0.4) is 0 Å². The maximum Gasteiger partial charge on any atom is 0.405 e. The molecule has 4 heterocycles. The molecule has 344 valence electrons. The molecule has 3 aliphatic heterocycles. The van der Waals surface area contributed by atoms with Crippen LogP contribution in [0.15, 0.2) is 36.4 Å². The third-order valence-corrected chi connectivity index (χ3v) is 12.6. The van der Waals surface area contributed by atoms with Gasteiger partial charge in [0.25, 0.3) is 0 Å². The van der Waals surface area contributed by atoms with Crippen molar-refractivity contribution in [3.05, 3.63) is 42.1 Å². The maximum absolute atomic E-state index is 13.5. The first-order chi connectivity index (χ1) is 28.3. The van der Waals surface area contributed by atoms with Gasteiger partial charge in [-0.05, 0) is 90.5 Å². The highest BCUT2D eigenvalue weighted by Crippen LogP contribution is 2.42. The van der Waals surface area contributed by atoms with Gasteiger partial charge < -0.3 is 30.2 Å². The van der Waals surface area contributed by atoms with E-state index < -0.39 is 38.4 Å². The molecule has 6 rings (SSSR count). The number of rotatable bonds is 5. The van der Waals surface area contributed by atoms with Crippen LogP contribution in [-0.4, -0.2) is 84.3 Å². The van der Waals surface area contributed by atoms with Crippen LogP contribution in [0.2, 0.25) is 0 Å². The van der Waals surface area contributed by atoms with Gasteiger partial charge in [-0.15, -0.1) is 0 Å². The summed E-state index contributed by atoms with van der Waals surface area (Å²) in [7, 11) is -3.39. The van der Waals surface area contributed by atoms with Crippen LogP contribution in [0, 0.1) is 11.8 Å². The fourth-order valence-corrected chi connectivity index (χ4v) is 8.28. The molecular weight excluding hydrogens is 787 g/mol. The van der Waals surface area contributed by atoms with Crippen LogP contribution in [-0.2, 0) is 35.6 Å². The lowest BCUT2D eigenvalue weighted by Gasteiger charge is -2.27. The Kier molecular flexibility index (Phi) is 20.8. The number of amides is 4. The first kappa shape index (κ1) is 51.7. The Bertz CT molecular complexity index is 1870. The number of aryl methyl sites for hydroxylation is 1. The number of fused-ring (bicyclic) bond motifs is 4. The summed E-state index contributed by atoms with van der Waals surface area (Å²) < 4.78 is 40.7. The lowest BCUT2D eigenvalue weighted by molar-refractivity contribution is -0.139. The summed E-state index contributed by atoms with van der Waals surface area (Å²) >= 11 is 0. The van der Waals surface area contributed by atoms with E-state index in [4.69, 9.17) is 20.2 Å². The molecule has 1 saturated carbocycles. The summed E-state index contributed by atoms with van der Waals surface area (Å²) in [6.45, 7) is 22.1. The van der Waals surface area contributed by atoms with E-state index >= 15 is 0 Å². The van der Waals surface area contributed by atoms with Gasteiger partial charge in [0.15, 0.2) is 0 Å². The minimum Gasteiger partial charge on any atom is -0.491 e. The lowest BCUT2D eigenvalue weighted by atomic mass is 9.88. The molecule has 4 amide bonds. The number of nitrogens with two attached hydrogens (primary N) is 1. The highest BCUT2D eigenvalue weighted by atomic mass is 32.2. The number of carbonyl (C=O) groups excluding carboxylic acids is 4. The van der Waals surface area contributed by atoms with E-state index in [1.807, 2.05) is 62.8 Å². The van der Waals surface area contributed by atoms with Gasteiger partial charge in [0.2, 0.25) is 33.6 Å². The number of carbonyl (C=O) groups is 4. The third-order valence-electron chi connectivity index (χ3n) is 10.3. The van der Waals surface area contributed by atoms with Crippen molar-refractivity contribution in [1.29, 1.82) is 0 Å². The predicted molar refractivity (Wildman–Crippen MR) is 243 cm³/mol. The van der Waals surface area contributed by atoms with Crippen LogP contribution in [0.5, 0.6) is 11.6 Å². The molecule has 60 heavy (non-hydrogen) atoms. The highest BCUT2D eigenvalue weighted by Gasteiger charge is 2.50. The van der Waals surface area contributed by atoms with Gasteiger partial charge in [-0.3, -0.25) is 19.1 Å². The zero-order valence-corrected chi connectivity index (χ0v) is 38.8. The zero-order chi connectivity index (χ0) is 45.3. The number of sulfonamides is 1. The third kappa shape index (κ3) is 15.9. The Balaban J connectivity index is 0. The molecule has 1 aromatic carbocycles. The van der Waals surface area contributed by atoms with Crippen LogP contribution in [0.4, 0.5) is 4.79 Å². The lowest BCUT2D eigenvalue weighted by Crippen LogP contribution is -2.46. The average Bonchev–Trinajstić information content (AvgIpc) is 3.82. The molecule has 0 unspecified atom stereocenters. The first-order valence-electron chi connectivity index (χ1n) is 21.8. The van der Waals surface area contributed by atoms with Gasteiger partial charge in [-0.2, -0.15) is 0 Å². The van der Waals surface area contributed by atoms with E-state index in [0.29, 0.717) is 63.1 Å². The molecule has 0 spiro atoms. The Morgan fingerprint density at radius 2 is 1.73 bits per heavy atom. The second-order valence-electron chi connectivity index (χ2n) is 16.5. The monoisotopic (exact) mass is 866 g/mol. The topological polar surface area (TPSA) is 196 Å². The van der Waals surface area contributed by atoms with Crippen molar-refractivity contribution < 1.29 is 46.1 Å². The smallest absolute Gasteiger partial charge is 0.405 e. The minimum atomic E-state index is -3.39. The molecule has 1 saturated heterocycles. The summed E-state index contributed by atoms with van der Waals surface area (Å²) in [6, 6.07) is 7.48. The van der Waals surface area contributed by atoms with Crippen molar-refractivity contribution in [1.82, 2.24) is 19.9 Å². The Morgan fingerprint density at radius 3 is 2.30 bits per heavy atom.